The Labute approximate surface area is 173 Å². The van der Waals surface area contributed by atoms with Gasteiger partial charge in [-0.05, 0) is 0 Å². The van der Waals surface area contributed by atoms with Crippen molar-refractivity contribution in [3.63, 3.8) is 0 Å². The monoisotopic (exact) mass is 505 g/mol. The molecule has 0 aliphatic carbocycles. The highest BCUT2D eigenvalue weighted by Crippen LogP contribution is 2.66. The van der Waals surface area contributed by atoms with Crippen molar-refractivity contribution in [2.24, 2.45) is 0 Å². The first-order valence-corrected chi connectivity index (χ1v) is 12.8. The molecular formula is C11H18N5O12P3. The fraction of sp³-hybridized carbons (Fsp3) is 0.545. The third kappa shape index (κ3) is 6.14. The summed E-state index contributed by atoms with van der Waals surface area (Å²) in [6.07, 6.45) is -0.408. The third-order valence-corrected chi connectivity index (χ3v) is 7.73. The van der Waals surface area contributed by atoms with Crippen LogP contribution in [0, 0.1) is 0 Å². The number of nitrogens with one attached hydrogen (secondary N) is 1. The lowest BCUT2D eigenvalue weighted by Gasteiger charge is -2.19. The Kier molecular flexibility index (Phi) is 6.99. The lowest BCUT2D eigenvalue weighted by molar-refractivity contribution is -0.0423. The standard InChI is InChI=1S/C11H18N5O12P3/c1-12-10-9-11(14-4-13-10)16(5-15-9)8-2-6(17)7(26-8)3-25-30(21,22)28-31(23,24)27-29(18,19)20/h4-8,17H,2-3H2,1H3,(H,21,22)(H,23,24)(H,12,13,14)(H2,18,19,20)/t6-,7+,8+/m0/s1. The van der Waals surface area contributed by atoms with Gasteiger partial charge in [-0.1, -0.05) is 0 Å². The highest BCUT2D eigenvalue weighted by Gasteiger charge is 2.43. The van der Waals surface area contributed by atoms with Crippen LogP contribution in [0.3, 0.4) is 0 Å². The molecule has 0 radical (unpaired) electrons. The minimum absolute atomic E-state index is 0.0226. The number of fused-ring (bicyclic) bond motifs is 1. The van der Waals surface area contributed by atoms with Crippen LogP contribution in [0.4, 0.5) is 5.82 Å². The fourth-order valence-electron chi connectivity index (χ4n) is 2.75. The Bertz CT molecular complexity index is 1090. The first-order valence-electron chi connectivity index (χ1n) is 8.27. The summed E-state index contributed by atoms with van der Waals surface area (Å²) in [4.78, 5) is 48.0. The van der Waals surface area contributed by atoms with Crippen molar-refractivity contribution in [1.29, 1.82) is 0 Å². The fourth-order valence-corrected chi connectivity index (χ4v) is 5.78. The number of aliphatic hydroxyl groups excluding tert-OH is 1. The number of imidazole rings is 1. The lowest BCUT2D eigenvalue weighted by atomic mass is 10.2. The van der Waals surface area contributed by atoms with E-state index >= 15 is 0 Å². The van der Waals surface area contributed by atoms with Crippen molar-refractivity contribution in [2.75, 3.05) is 19.0 Å². The smallest absolute Gasteiger partial charge is 0.390 e. The van der Waals surface area contributed by atoms with Gasteiger partial charge in [0.25, 0.3) is 0 Å². The van der Waals surface area contributed by atoms with E-state index in [0.717, 1.165) is 0 Å². The number of aromatic nitrogens is 4. The minimum atomic E-state index is -5.64. The number of phosphoric acid groups is 3. The number of nitrogens with zero attached hydrogens (tertiary/aromatic N) is 4. The summed E-state index contributed by atoms with van der Waals surface area (Å²) in [6, 6.07) is 0. The normalized spacial score (nSPS) is 25.9. The van der Waals surface area contributed by atoms with E-state index in [9.17, 15) is 23.7 Å². The van der Waals surface area contributed by atoms with Gasteiger partial charge in [-0.15, -0.1) is 0 Å². The summed E-state index contributed by atoms with van der Waals surface area (Å²) in [6.45, 7) is -0.773. The molecule has 2 aromatic rings. The van der Waals surface area contributed by atoms with Gasteiger partial charge < -0.3 is 34.7 Å². The molecule has 1 saturated heterocycles. The maximum absolute atomic E-state index is 11.8. The minimum Gasteiger partial charge on any atom is -0.390 e. The molecule has 6 N–H and O–H groups in total. The largest absolute Gasteiger partial charge is 0.490 e. The average Bonchev–Trinajstić information content (AvgIpc) is 3.19. The summed E-state index contributed by atoms with van der Waals surface area (Å²) >= 11 is 0. The van der Waals surface area contributed by atoms with E-state index in [4.69, 9.17) is 19.4 Å². The molecular weight excluding hydrogens is 487 g/mol. The van der Waals surface area contributed by atoms with Gasteiger partial charge in [0.05, 0.1) is 19.0 Å². The van der Waals surface area contributed by atoms with Crippen molar-refractivity contribution in [3.05, 3.63) is 12.7 Å². The van der Waals surface area contributed by atoms with E-state index in [1.165, 1.54) is 17.2 Å². The van der Waals surface area contributed by atoms with Gasteiger partial charge in [0, 0.05) is 13.5 Å². The number of rotatable bonds is 9. The highest BCUT2D eigenvalue weighted by atomic mass is 31.3. The number of ether oxygens (including phenoxy) is 1. The van der Waals surface area contributed by atoms with E-state index in [0.29, 0.717) is 17.0 Å². The van der Waals surface area contributed by atoms with Crippen molar-refractivity contribution >= 4 is 40.4 Å². The Balaban J connectivity index is 1.65. The van der Waals surface area contributed by atoms with Crippen LogP contribution >= 0.6 is 23.5 Å². The predicted molar refractivity (Wildman–Crippen MR) is 99.2 cm³/mol. The lowest BCUT2D eigenvalue weighted by Crippen LogP contribution is -2.26. The average molecular weight is 505 g/mol. The van der Waals surface area contributed by atoms with E-state index in [1.54, 1.807) is 7.05 Å². The summed E-state index contributed by atoms with van der Waals surface area (Å²) in [5.74, 6) is 0.464. The quantitative estimate of drug-likeness (QED) is 0.243. The molecule has 2 unspecified atom stereocenters. The molecule has 1 fully saturated rings. The highest BCUT2D eigenvalue weighted by molar-refractivity contribution is 7.66. The second-order valence-corrected chi connectivity index (χ2v) is 10.5. The van der Waals surface area contributed by atoms with Crippen LogP contribution in [-0.4, -0.2) is 70.1 Å². The molecule has 1 aliphatic heterocycles. The topological polar surface area (TPSA) is 245 Å². The van der Waals surface area contributed by atoms with Crippen molar-refractivity contribution in [1.82, 2.24) is 19.5 Å². The number of hydrogen-bond acceptors (Lipinski definition) is 12. The number of anilines is 1. The Morgan fingerprint density at radius 1 is 1.16 bits per heavy atom. The van der Waals surface area contributed by atoms with Crippen molar-refractivity contribution in [3.8, 4) is 0 Å². The van der Waals surface area contributed by atoms with Crippen molar-refractivity contribution in [2.45, 2.75) is 24.9 Å². The third-order valence-electron chi connectivity index (χ3n) is 3.93. The van der Waals surface area contributed by atoms with Gasteiger partial charge in [-0.2, -0.15) is 8.62 Å². The van der Waals surface area contributed by atoms with Crippen LogP contribution in [0.2, 0.25) is 0 Å². The Morgan fingerprint density at radius 3 is 2.52 bits per heavy atom. The summed E-state index contributed by atoms with van der Waals surface area (Å²) < 4.78 is 52.6. The molecule has 0 amide bonds. The van der Waals surface area contributed by atoms with E-state index in [1.807, 2.05) is 0 Å². The number of phosphoric ester groups is 1. The Hall–Kier alpha value is -1.32. The molecule has 5 atom stereocenters. The maximum atomic E-state index is 11.8. The van der Waals surface area contributed by atoms with E-state index in [-0.39, 0.29) is 6.42 Å². The second kappa shape index (κ2) is 8.90. The SMILES string of the molecule is CNc1ncnc2c1ncn2[C@H]1C[C@H](O)[C@@H](COP(=O)(O)OP(=O)(O)OP(=O)(O)O)O1. The number of hydrogen-bond donors (Lipinski definition) is 6. The molecule has 0 aromatic carbocycles. The second-order valence-electron chi connectivity index (χ2n) is 6.12. The van der Waals surface area contributed by atoms with Gasteiger partial charge >= 0.3 is 23.5 Å². The zero-order valence-corrected chi connectivity index (χ0v) is 18.2. The molecule has 3 heterocycles. The predicted octanol–water partition coefficient (Wildman–Crippen LogP) is -0.140. The van der Waals surface area contributed by atoms with Gasteiger partial charge in [-0.25, -0.2) is 28.6 Å². The van der Waals surface area contributed by atoms with Crippen LogP contribution in [0.1, 0.15) is 12.6 Å². The molecule has 20 heteroatoms. The van der Waals surface area contributed by atoms with Crippen LogP contribution < -0.4 is 5.32 Å². The summed E-state index contributed by atoms with van der Waals surface area (Å²) in [5, 5.41) is 13.0. The summed E-state index contributed by atoms with van der Waals surface area (Å²) in [5.41, 5.74) is 0.838. The van der Waals surface area contributed by atoms with E-state index < -0.39 is 48.5 Å². The molecule has 3 rings (SSSR count). The summed E-state index contributed by atoms with van der Waals surface area (Å²) in [7, 11) is -14.8. The zero-order chi connectivity index (χ0) is 23.0. The van der Waals surface area contributed by atoms with E-state index in [2.05, 4.69) is 33.4 Å². The van der Waals surface area contributed by atoms with Crippen LogP contribution in [-0.2, 0) is 31.6 Å². The molecule has 1 aliphatic rings. The Morgan fingerprint density at radius 2 is 1.87 bits per heavy atom. The van der Waals surface area contributed by atoms with Gasteiger partial charge in [-0.3, -0.25) is 9.09 Å². The van der Waals surface area contributed by atoms with Gasteiger partial charge in [0.15, 0.2) is 11.5 Å². The van der Waals surface area contributed by atoms with Gasteiger partial charge in [0.2, 0.25) is 0 Å². The maximum Gasteiger partial charge on any atom is 0.490 e. The first kappa shape index (κ1) is 24.3. The zero-order valence-electron chi connectivity index (χ0n) is 15.5. The molecule has 17 nitrogen and oxygen atoms in total. The molecule has 0 spiro atoms. The van der Waals surface area contributed by atoms with Gasteiger partial charge in [0.1, 0.15) is 24.2 Å². The molecule has 174 valence electrons. The molecule has 2 aromatic heterocycles. The molecule has 0 saturated carbocycles. The van der Waals surface area contributed by atoms with Crippen LogP contribution in [0.5, 0.6) is 0 Å². The first-order chi connectivity index (χ1) is 14.3. The van der Waals surface area contributed by atoms with Crippen molar-refractivity contribution < 1.29 is 56.3 Å². The number of aliphatic hydroxyl groups is 1. The van der Waals surface area contributed by atoms with Crippen LogP contribution in [0.15, 0.2) is 12.7 Å². The molecule has 0 bridgehead atoms. The molecule has 31 heavy (non-hydrogen) atoms. The van der Waals surface area contributed by atoms with Crippen LogP contribution in [0.25, 0.3) is 11.2 Å².